The first-order valence-electron chi connectivity index (χ1n) is 3.50. The van der Waals surface area contributed by atoms with Gasteiger partial charge in [0.25, 0.3) is 0 Å². The van der Waals surface area contributed by atoms with E-state index in [-0.39, 0.29) is 12.4 Å². The first-order valence-corrected chi connectivity index (χ1v) is 4.50. The van der Waals surface area contributed by atoms with Gasteiger partial charge in [-0.1, -0.05) is 41.5 Å². The van der Waals surface area contributed by atoms with E-state index in [1.165, 1.54) is 0 Å². The Balaban J connectivity index is 0. The average Bonchev–Trinajstić information content (AvgIpc) is 1.14. The van der Waals surface area contributed by atoms with Crippen molar-refractivity contribution in [1.82, 2.24) is 0 Å². The van der Waals surface area contributed by atoms with Crippen molar-refractivity contribution in [1.29, 1.82) is 0 Å². The Labute approximate surface area is 73.4 Å². The molecule has 0 aromatic carbocycles. The van der Waals surface area contributed by atoms with E-state index in [2.05, 4.69) is 41.5 Å². The highest BCUT2D eigenvalue weighted by molar-refractivity contribution is 7.41. The molecule has 0 aliphatic rings. The lowest BCUT2D eigenvalue weighted by Crippen LogP contribution is -2.16. The van der Waals surface area contributed by atoms with Gasteiger partial charge < -0.3 is 0 Å². The molecule has 0 atom stereocenters. The molecule has 2 heteroatoms. The van der Waals surface area contributed by atoms with E-state index in [0.29, 0.717) is 10.3 Å². The predicted octanol–water partition coefficient (Wildman–Crippen LogP) is 3.68. The molecule has 0 bridgehead atoms. The lowest BCUT2D eigenvalue weighted by molar-refractivity contribution is 0.725. The van der Waals surface area contributed by atoms with Gasteiger partial charge in [-0.25, -0.2) is 0 Å². The second-order valence-electron chi connectivity index (χ2n) is 4.62. The van der Waals surface area contributed by atoms with E-state index in [1.807, 2.05) is 0 Å². The number of hydrogen-bond donors (Lipinski definition) is 0. The van der Waals surface area contributed by atoms with Gasteiger partial charge in [-0.3, -0.25) is 0 Å². The molecule has 0 heterocycles. The normalized spacial score (nSPS) is 12.6. The Hall–Kier alpha value is 0.720. The molecule has 0 saturated heterocycles. The van der Waals surface area contributed by atoms with Crippen molar-refractivity contribution in [3.63, 3.8) is 0 Å². The molecule has 0 aromatic rings. The minimum Gasteiger partial charge on any atom is -0.147 e. The van der Waals surface area contributed by atoms with Crippen molar-refractivity contribution in [2.45, 2.75) is 51.9 Å². The lowest BCUT2D eigenvalue weighted by atomic mass is 10.2. The standard InChI is InChI=1S/C8H19P.ClH/c1-7(2,3)9-8(4,5)6;/h9H,1-6H3;1H. The van der Waals surface area contributed by atoms with Gasteiger partial charge in [-0.15, -0.1) is 21.0 Å². The maximum atomic E-state index is 2.30. The van der Waals surface area contributed by atoms with Crippen LogP contribution in [0.3, 0.4) is 0 Å². The van der Waals surface area contributed by atoms with Crippen LogP contribution in [0.25, 0.3) is 0 Å². The average molecular weight is 183 g/mol. The summed E-state index contributed by atoms with van der Waals surface area (Å²) in [6.07, 6.45) is 0. The summed E-state index contributed by atoms with van der Waals surface area (Å²) in [5, 5.41) is 1.02. The van der Waals surface area contributed by atoms with Crippen LogP contribution < -0.4 is 0 Å². The molecule has 10 heavy (non-hydrogen) atoms. The third kappa shape index (κ3) is 11.5. The topological polar surface area (TPSA) is 0 Å². The van der Waals surface area contributed by atoms with Crippen LogP contribution in [0.2, 0.25) is 0 Å². The van der Waals surface area contributed by atoms with Gasteiger partial charge in [0.15, 0.2) is 0 Å². The van der Waals surface area contributed by atoms with Gasteiger partial charge in [0, 0.05) is 0 Å². The van der Waals surface area contributed by atoms with Gasteiger partial charge in [-0.2, -0.15) is 0 Å². The van der Waals surface area contributed by atoms with Crippen molar-refractivity contribution in [3.05, 3.63) is 0 Å². The quantitative estimate of drug-likeness (QED) is 0.502. The van der Waals surface area contributed by atoms with Crippen LogP contribution in [-0.4, -0.2) is 10.3 Å². The zero-order valence-corrected chi connectivity index (χ0v) is 9.72. The maximum absolute atomic E-state index is 2.30. The summed E-state index contributed by atoms with van der Waals surface area (Å²) in [6, 6.07) is 0. The Morgan fingerprint density at radius 1 is 0.700 bits per heavy atom. The predicted molar refractivity (Wildman–Crippen MR) is 55.1 cm³/mol. The van der Waals surface area contributed by atoms with Gasteiger partial charge in [0.1, 0.15) is 0 Å². The molecule has 0 aliphatic heterocycles. The van der Waals surface area contributed by atoms with Crippen LogP contribution in [-0.2, 0) is 0 Å². The first-order chi connectivity index (χ1) is 3.71. The Morgan fingerprint density at radius 2 is 0.900 bits per heavy atom. The van der Waals surface area contributed by atoms with Crippen LogP contribution in [0.15, 0.2) is 0 Å². The number of hydrogen-bond acceptors (Lipinski definition) is 0. The van der Waals surface area contributed by atoms with Crippen molar-refractivity contribution >= 4 is 21.0 Å². The number of rotatable bonds is 0. The zero-order chi connectivity index (χ0) is 7.71. The fourth-order valence-electron chi connectivity index (χ4n) is 1.12. The smallest absolute Gasteiger partial charge is 0.0202 e. The zero-order valence-electron chi connectivity index (χ0n) is 7.91. The molecule has 0 radical (unpaired) electrons. The van der Waals surface area contributed by atoms with Crippen LogP contribution in [0, 0.1) is 0 Å². The van der Waals surface area contributed by atoms with Crippen molar-refractivity contribution in [3.8, 4) is 0 Å². The number of halogens is 1. The van der Waals surface area contributed by atoms with Gasteiger partial charge in [0.05, 0.1) is 0 Å². The van der Waals surface area contributed by atoms with E-state index in [1.54, 1.807) is 0 Å². The van der Waals surface area contributed by atoms with Crippen LogP contribution in [0.5, 0.6) is 0 Å². The third-order valence-electron chi connectivity index (χ3n) is 0.750. The summed E-state index contributed by atoms with van der Waals surface area (Å²) < 4.78 is 0. The van der Waals surface area contributed by atoms with Gasteiger partial charge in [-0.05, 0) is 10.3 Å². The van der Waals surface area contributed by atoms with Crippen molar-refractivity contribution < 1.29 is 0 Å². The van der Waals surface area contributed by atoms with E-state index in [9.17, 15) is 0 Å². The summed E-state index contributed by atoms with van der Waals surface area (Å²) in [5.41, 5.74) is 0. The molecule has 64 valence electrons. The van der Waals surface area contributed by atoms with E-state index in [0.717, 1.165) is 8.58 Å². The fourth-order valence-corrected chi connectivity index (χ4v) is 3.38. The monoisotopic (exact) mass is 182 g/mol. The Kier molecular flexibility index (Phi) is 5.23. The SMILES string of the molecule is CC(C)(C)PC(C)(C)C.Cl. The van der Waals surface area contributed by atoms with Crippen LogP contribution >= 0.6 is 21.0 Å². The summed E-state index contributed by atoms with van der Waals surface area (Å²) in [6.45, 7) is 13.8. The summed E-state index contributed by atoms with van der Waals surface area (Å²) in [4.78, 5) is 0. The van der Waals surface area contributed by atoms with Gasteiger partial charge >= 0.3 is 0 Å². The third-order valence-corrected chi connectivity index (χ3v) is 2.25. The van der Waals surface area contributed by atoms with Crippen molar-refractivity contribution in [2.75, 3.05) is 0 Å². The molecule has 0 rings (SSSR count). The fraction of sp³-hybridized carbons (Fsp3) is 1.00. The van der Waals surface area contributed by atoms with Crippen molar-refractivity contribution in [2.24, 2.45) is 0 Å². The summed E-state index contributed by atoms with van der Waals surface area (Å²) in [5.74, 6) is 0. The Morgan fingerprint density at radius 3 is 0.900 bits per heavy atom. The largest absolute Gasteiger partial charge is 0.147 e. The van der Waals surface area contributed by atoms with Gasteiger partial charge in [0.2, 0.25) is 0 Å². The molecular formula is C8H20ClP. The van der Waals surface area contributed by atoms with E-state index >= 15 is 0 Å². The lowest BCUT2D eigenvalue weighted by Gasteiger charge is -2.28. The molecule has 0 unspecified atom stereocenters. The highest BCUT2D eigenvalue weighted by Crippen LogP contribution is 2.41. The minimum atomic E-state index is 0. The van der Waals surface area contributed by atoms with E-state index in [4.69, 9.17) is 0 Å². The van der Waals surface area contributed by atoms with Crippen LogP contribution in [0.1, 0.15) is 41.5 Å². The summed E-state index contributed by atoms with van der Waals surface area (Å²) >= 11 is 0. The summed E-state index contributed by atoms with van der Waals surface area (Å²) in [7, 11) is 1.05. The molecule has 0 amide bonds. The van der Waals surface area contributed by atoms with E-state index < -0.39 is 0 Å². The molecular weight excluding hydrogens is 163 g/mol. The molecule has 0 nitrogen and oxygen atoms in total. The van der Waals surface area contributed by atoms with Crippen LogP contribution in [0.4, 0.5) is 0 Å². The molecule has 0 aromatic heterocycles. The second-order valence-corrected chi connectivity index (χ2v) is 7.88. The molecule has 0 aliphatic carbocycles. The molecule has 0 fully saturated rings. The highest BCUT2D eigenvalue weighted by Gasteiger charge is 2.19. The minimum absolute atomic E-state index is 0. The first kappa shape index (κ1) is 13.3. The maximum Gasteiger partial charge on any atom is -0.0202 e. The second kappa shape index (κ2) is 3.93. The molecule has 0 saturated carbocycles. The molecule has 0 spiro atoms. The molecule has 0 N–H and O–H groups in total. The Bertz CT molecular complexity index is 74.4. The highest BCUT2D eigenvalue weighted by atomic mass is 35.5.